The summed E-state index contributed by atoms with van der Waals surface area (Å²) in [5.74, 6) is 0.193. The van der Waals surface area contributed by atoms with Gasteiger partial charge in [-0.3, -0.25) is 4.79 Å². The number of amides is 1. The molecule has 6 nitrogen and oxygen atoms in total. The number of benzene rings is 2. The van der Waals surface area contributed by atoms with Gasteiger partial charge in [0.05, 0.1) is 4.90 Å². The van der Waals surface area contributed by atoms with Gasteiger partial charge in [0.2, 0.25) is 10.0 Å². The van der Waals surface area contributed by atoms with E-state index in [2.05, 4.69) is 18.7 Å². The Hall–Kier alpha value is -2.45. The smallest absolute Gasteiger partial charge is 0.254 e. The van der Waals surface area contributed by atoms with Crippen LogP contribution >= 0.6 is 0 Å². The first-order valence-corrected chi connectivity index (χ1v) is 12.6. The lowest BCUT2D eigenvalue weighted by Gasteiger charge is -2.36. The zero-order valence-corrected chi connectivity index (χ0v) is 19.4. The molecule has 0 saturated carbocycles. The molecule has 172 valence electrons. The number of halogens is 1. The molecule has 0 spiro atoms. The van der Waals surface area contributed by atoms with E-state index in [9.17, 15) is 17.6 Å². The first-order valence-electron chi connectivity index (χ1n) is 11.1. The highest BCUT2D eigenvalue weighted by atomic mass is 32.2. The Labute approximate surface area is 189 Å². The monoisotopic (exact) mass is 459 g/mol. The van der Waals surface area contributed by atoms with Gasteiger partial charge in [-0.25, -0.2) is 12.8 Å². The van der Waals surface area contributed by atoms with E-state index in [4.69, 9.17) is 0 Å². The van der Waals surface area contributed by atoms with Crippen molar-refractivity contribution >= 4 is 21.6 Å². The molecule has 2 aromatic rings. The van der Waals surface area contributed by atoms with Gasteiger partial charge in [-0.15, -0.1) is 0 Å². The minimum atomic E-state index is -3.64. The van der Waals surface area contributed by atoms with Gasteiger partial charge in [-0.1, -0.05) is 19.9 Å². The number of rotatable bonds is 4. The summed E-state index contributed by atoms with van der Waals surface area (Å²) in [5, 5.41) is 0. The maximum Gasteiger partial charge on any atom is 0.254 e. The average molecular weight is 460 g/mol. The van der Waals surface area contributed by atoms with Crippen LogP contribution in [0, 0.1) is 17.7 Å². The highest BCUT2D eigenvalue weighted by Crippen LogP contribution is 2.27. The third-order valence-electron chi connectivity index (χ3n) is 6.31. The molecule has 2 saturated heterocycles. The molecule has 2 fully saturated rings. The van der Waals surface area contributed by atoms with Crippen LogP contribution in [0.1, 0.15) is 30.6 Å². The van der Waals surface area contributed by atoms with Gasteiger partial charge in [0.15, 0.2) is 0 Å². The Kier molecular flexibility index (Phi) is 6.53. The molecule has 32 heavy (non-hydrogen) atoms. The summed E-state index contributed by atoms with van der Waals surface area (Å²) < 4.78 is 41.2. The number of anilines is 1. The molecule has 0 unspecified atom stereocenters. The molecule has 1 amide bonds. The molecule has 0 aliphatic carbocycles. The van der Waals surface area contributed by atoms with Gasteiger partial charge in [-0.2, -0.15) is 4.31 Å². The number of hydrogen-bond acceptors (Lipinski definition) is 4. The number of carbonyl (C=O) groups is 1. The minimum Gasteiger partial charge on any atom is -0.368 e. The van der Waals surface area contributed by atoms with E-state index in [-0.39, 0.29) is 16.6 Å². The largest absolute Gasteiger partial charge is 0.368 e. The van der Waals surface area contributed by atoms with Crippen LogP contribution in [0.2, 0.25) is 0 Å². The third-order valence-corrected chi connectivity index (χ3v) is 8.14. The van der Waals surface area contributed by atoms with Crippen LogP contribution in [0.4, 0.5) is 10.1 Å². The molecule has 8 heteroatoms. The fourth-order valence-electron chi connectivity index (χ4n) is 4.74. The lowest BCUT2D eigenvalue weighted by molar-refractivity contribution is 0.0746. The van der Waals surface area contributed by atoms with Crippen LogP contribution in [0.15, 0.2) is 53.4 Å². The Morgan fingerprint density at radius 2 is 1.56 bits per heavy atom. The lowest BCUT2D eigenvalue weighted by atomic mass is 9.94. The molecule has 2 aliphatic heterocycles. The van der Waals surface area contributed by atoms with Crippen molar-refractivity contribution in [2.24, 2.45) is 11.8 Å². The zero-order valence-electron chi connectivity index (χ0n) is 18.6. The van der Waals surface area contributed by atoms with E-state index in [0.717, 1.165) is 12.1 Å². The summed E-state index contributed by atoms with van der Waals surface area (Å²) in [5.41, 5.74) is 1.32. The summed E-state index contributed by atoms with van der Waals surface area (Å²) >= 11 is 0. The van der Waals surface area contributed by atoms with Crippen LogP contribution in [0.5, 0.6) is 0 Å². The maximum absolute atomic E-state index is 13.2. The summed E-state index contributed by atoms with van der Waals surface area (Å²) in [6.45, 7) is 7.49. The van der Waals surface area contributed by atoms with Crippen molar-refractivity contribution in [1.82, 2.24) is 9.21 Å². The maximum atomic E-state index is 13.2. The summed E-state index contributed by atoms with van der Waals surface area (Å²) in [6, 6.07) is 12.7. The third kappa shape index (κ3) is 4.81. The van der Waals surface area contributed by atoms with Gasteiger partial charge >= 0.3 is 0 Å². The van der Waals surface area contributed by atoms with Gasteiger partial charge in [0.25, 0.3) is 5.91 Å². The fourth-order valence-corrected chi connectivity index (χ4v) is 6.47. The normalized spacial score (nSPS) is 22.7. The van der Waals surface area contributed by atoms with Gasteiger partial charge in [0, 0.05) is 50.5 Å². The molecule has 2 aromatic carbocycles. The minimum absolute atomic E-state index is 0.166. The molecule has 2 heterocycles. The van der Waals surface area contributed by atoms with Crippen molar-refractivity contribution in [2.45, 2.75) is 25.2 Å². The van der Waals surface area contributed by atoms with Crippen molar-refractivity contribution < 1.29 is 17.6 Å². The Morgan fingerprint density at radius 3 is 2.19 bits per heavy atom. The van der Waals surface area contributed by atoms with E-state index in [1.807, 2.05) is 0 Å². The SMILES string of the molecule is C[C@H]1C[C@H](C)CN(S(=O)(=O)c2cccc(C(=O)N3CCN(c4ccc(F)cc4)CC3)c2)C1. The van der Waals surface area contributed by atoms with Crippen molar-refractivity contribution in [3.8, 4) is 0 Å². The molecule has 0 N–H and O–H groups in total. The second-order valence-electron chi connectivity index (χ2n) is 9.05. The van der Waals surface area contributed by atoms with E-state index in [0.29, 0.717) is 56.7 Å². The molecule has 2 atom stereocenters. The Balaban J connectivity index is 1.45. The number of carbonyl (C=O) groups excluding carboxylic acids is 1. The van der Waals surface area contributed by atoms with Crippen LogP contribution in [-0.4, -0.2) is 62.8 Å². The molecular weight excluding hydrogens is 429 g/mol. The highest BCUT2D eigenvalue weighted by Gasteiger charge is 2.32. The Morgan fingerprint density at radius 1 is 0.938 bits per heavy atom. The van der Waals surface area contributed by atoms with Crippen molar-refractivity contribution in [2.75, 3.05) is 44.2 Å². The zero-order chi connectivity index (χ0) is 22.9. The summed E-state index contributed by atoms with van der Waals surface area (Å²) in [6.07, 6.45) is 1.02. The molecule has 0 radical (unpaired) electrons. The second kappa shape index (κ2) is 9.19. The fraction of sp³-hybridized carbons (Fsp3) is 0.458. The first-order chi connectivity index (χ1) is 15.2. The van der Waals surface area contributed by atoms with E-state index in [1.54, 1.807) is 39.5 Å². The molecule has 4 rings (SSSR count). The number of sulfonamides is 1. The van der Waals surface area contributed by atoms with Crippen LogP contribution in [0.25, 0.3) is 0 Å². The predicted molar refractivity (Wildman–Crippen MR) is 123 cm³/mol. The number of piperidine rings is 1. The standard InChI is InChI=1S/C24H30FN3O3S/c1-18-14-19(2)17-28(16-18)32(30,31)23-5-3-4-20(15-23)24(29)27-12-10-26(11-13-27)22-8-6-21(25)7-9-22/h3-9,15,18-19H,10-14,16-17H2,1-2H3/t18-,19-/m0/s1. The quantitative estimate of drug-likeness (QED) is 0.703. The van der Waals surface area contributed by atoms with Crippen LogP contribution < -0.4 is 4.90 Å². The van der Waals surface area contributed by atoms with Gasteiger partial charge in [0.1, 0.15) is 5.82 Å². The van der Waals surface area contributed by atoms with Crippen LogP contribution in [-0.2, 0) is 10.0 Å². The van der Waals surface area contributed by atoms with Gasteiger partial charge in [-0.05, 0) is 60.7 Å². The topological polar surface area (TPSA) is 60.9 Å². The summed E-state index contributed by atoms with van der Waals surface area (Å²) in [7, 11) is -3.64. The summed E-state index contributed by atoms with van der Waals surface area (Å²) in [4.78, 5) is 17.1. The van der Waals surface area contributed by atoms with Crippen molar-refractivity contribution in [3.05, 3.63) is 59.9 Å². The average Bonchev–Trinajstić information content (AvgIpc) is 2.79. The van der Waals surface area contributed by atoms with E-state index in [1.165, 1.54) is 18.2 Å². The molecule has 0 bridgehead atoms. The van der Waals surface area contributed by atoms with E-state index >= 15 is 0 Å². The van der Waals surface area contributed by atoms with Crippen LogP contribution in [0.3, 0.4) is 0 Å². The number of piperazine rings is 1. The first kappa shape index (κ1) is 22.7. The van der Waals surface area contributed by atoms with Gasteiger partial charge < -0.3 is 9.80 Å². The second-order valence-corrected chi connectivity index (χ2v) is 11.0. The predicted octanol–water partition coefficient (Wildman–Crippen LogP) is 3.45. The molecule has 2 aliphatic rings. The number of hydrogen-bond donors (Lipinski definition) is 0. The molecular formula is C24H30FN3O3S. The Bertz CT molecular complexity index is 1060. The van der Waals surface area contributed by atoms with E-state index < -0.39 is 10.0 Å². The van der Waals surface area contributed by atoms with Crippen molar-refractivity contribution in [3.63, 3.8) is 0 Å². The van der Waals surface area contributed by atoms with Crippen molar-refractivity contribution in [1.29, 1.82) is 0 Å². The lowest BCUT2D eigenvalue weighted by Crippen LogP contribution is -2.48. The highest BCUT2D eigenvalue weighted by molar-refractivity contribution is 7.89. The number of nitrogens with zero attached hydrogens (tertiary/aromatic N) is 3. The molecule has 0 aromatic heterocycles.